The maximum absolute atomic E-state index is 12.6. The highest BCUT2D eigenvalue weighted by molar-refractivity contribution is 5.92. The predicted molar refractivity (Wildman–Crippen MR) is 106 cm³/mol. The molecule has 1 aromatic heterocycles. The smallest absolute Gasteiger partial charge is 0.270 e. The fourth-order valence-electron chi connectivity index (χ4n) is 3.42. The molecule has 1 N–H and O–H groups in total. The second kappa shape index (κ2) is 8.84. The van der Waals surface area contributed by atoms with Gasteiger partial charge in [-0.25, -0.2) is 9.97 Å². The van der Waals surface area contributed by atoms with E-state index < -0.39 is 0 Å². The van der Waals surface area contributed by atoms with E-state index in [0.29, 0.717) is 24.1 Å². The minimum absolute atomic E-state index is 0.158. The molecule has 3 rings (SSSR count). The molecule has 1 aromatic carbocycles. The number of benzene rings is 1. The molecule has 1 fully saturated rings. The van der Waals surface area contributed by atoms with E-state index in [-0.39, 0.29) is 5.91 Å². The highest BCUT2D eigenvalue weighted by Crippen LogP contribution is 2.20. The molecule has 6 nitrogen and oxygen atoms in total. The lowest BCUT2D eigenvalue weighted by Gasteiger charge is -2.31. The summed E-state index contributed by atoms with van der Waals surface area (Å²) < 4.78 is 5.23. The number of nitrogens with one attached hydrogen (secondary N) is 1. The molecule has 6 heteroatoms. The fraction of sp³-hybridized carbons (Fsp3) is 0.476. The molecular formula is C21H28N4O2. The first-order valence-electron chi connectivity index (χ1n) is 9.57. The van der Waals surface area contributed by atoms with Crippen LogP contribution >= 0.6 is 0 Å². The van der Waals surface area contributed by atoms with Gasteiger partial charge >= 0.3 is 0 Å². The van der Waals surface area contributed by atoms with Crippen molar-refractivity contribution in [3.63, 3.8) is 0 Å². The number of piperidine rings is 1. The molecule has 0 spiro atoms. The van der Waals surface area contributed by atoms with Crippen LogP contribution in [-0.2, 0) is 6.42 Å². The van der Waals surface area contributed by atoms with E-state index in [9.17, 15) is 4.79 Å². The van der Waals surface area contributed by atoms with Gasteiger partial charge < -0.3 is 15.0 Å². The molecule has 1 saturated heterocycles. The van der Waals surface area contributed by atoms with Crippen molar-refractivity contribution in [3.8, 4) is 5.75 Å². The molecule has 144 valence electrons. The van der Waals surface area contributed by atoms with Gasteiger partial charge in [-0.1, -0.05) is 19.1 Å². The van der Waals surface area contributed by atoms with Crippen molar-refractivity contribution in [2.45, 2.75) is 33.1 Å². The van der Waals surface area contributed by atoms with Crippen LogP contribution in [0, 0.1) is 12.8 Å². The molecule has 2 heterocycles. The summed E-state index contributed by atoms with van der Waals surface area (Å²) in [6, 6.07) is 9.62. The van der Waals surface area contributed by atoms with E-state index in [2.05, 4.69) is 27.1 Å². The van der Waals surface area contributed by atoms with Crippen molar-refractivity contribution in [1.29, 1.82) is 0 Å². The molecule has 0 saturated carbocycles. The van der Waals surface area contributed by atoms with Crippen LogP contribution in [-0.4, -0.2) is 42.6 Å². The quantitative estimate of drug-likeness (QED) is 0.849. The van der Waals surface area contributed by atoms with Gasteiger partial charge in [0.1, 0.15) is 11.4 Å². The lowest BCUT2D eigenvalue weighted by molar-refractivity contribution is 0.0949. The number of nitrogens with zero attached hydrogens (tertiary/aromatic N) is 3. The van der Waals surface area contributed by atoms with E-state index in [0.717, 1.165) is 42.9 Å². The zero-order valence-corrected chi connectivity index (χ0v) is 16.4. The summed E-state index contributed by atoms with van der Waals surface area (Å²) in [6.07, 6.45) is 3.12. The number of carbonyl (C=O) groups excluding carboxylic acids is 1. The van der Waals surface area contributed by atoms with Crippen LogP contribution in [0.15, 0.2) is 30.3 Å². The largest absolute Gasteiger partial charge is 0.497 e. The molecule has 0 aliphatic carbocycles. The summed E-state index contributed by atoms with van der Waals surface area (Å²) >= 11 is 0. The van der Waals surface area contributed by atoms with Gasteiger partial charge in [0, 0.05) is 25.3 Å². The number of amides is 1. The second-order valence-corrected chi connectivity index (χ2v) is 7.25. The Morgan fingerprint density at radius 3 is 2.96 bits per heavy atom. The Balaban J connectivity index is 1.62. The van der Waals surface area contributed by atoms with Crippen molar-refractivity contribution >= 4 is 11.9 Å². The molecule has 1 atom stereocenters. The minimum atomic E-state index is -0.158. The van der Waals surface area contributed by atoms with Gasteiger partial charge in [0.2, 0.25) is 5.95 Å². The molecule has 1 unspecified atom stereocenters. The Morgan fingerprint density at radius 1 is 1.33 bits per heavy atom. The summed E-state index contributed by atoms with van der Waals surface area (Å²) in [5, 5.41) is 2.96. The summed E-state index contributed by atoms with van der Waals surface area (Å²) in [7, 11) is 1.65. The average molecular weight is 368 g/mol. The van der Waals surface area contributed by atoms with E-state index >= 15 is 0 Å². The molecule has 0 bridgehead atoms. The molecule has 1 aliphatic rings. The monoisotopic (exact) mass is 368 g/mol. The van der Waals surface area contributed by atoms with Crippen LogP contribution in [0.5, 0.6) is 5.75 Å². The number of carbonyl (C=O) groups is 1. The Morgan fingerprint density at radius 2 is 2.19 bits per heavy atom. The Bertz CT molecular complexity index is 794. The topological polar surface area (TPSA) is 67.3 Å². The van der Waals surface area contributed by atoms with Crippen molar-refractivity contribution in [3.05, 3.63) is 47.3 Å². The number of hydrogen-bond donors (Lipinski definition) is 1. The number of methoxy groups -OCH3 is 1. The predicted octanol–water partition coefficient (Wildman–Crippen LogP) is 3.00. The maximum Gasteiger partial charge on any atom is 0.270 e. The summed E-state index contributed by atoms with van der Waals surface area (Å²) in [6.45, 7) is 6.59. The third kappa shape index (κ3) is 5.18. The summed E-state index contributed by atoms with van der Waals surface area (Å²) in [5.74, 6) is 1.96. The SMILES string of the molecule is COc1cccc(CCNC(=O)c2cc(C)nc(N3CCCC(C)C3)n2)c1. The van der Waals surface area contributed by atoms with Crippen LogP contribution in [0.25, 0.3) is 0 Å². The van der Waals surface area contributed by atoms with E-state index in [1.807, 2.05) is 31.2 Å². The normalized spacial score (nSPS) is 16.9. The Labute approximate surface area is 161 Å². The second-order valence-electron chi connectivity index (χ2n) is 7.25. The molecule has 2 aromatic rings. The summed E-state index contributed by atoms with van der Waals surface area (Å²) in [4.78, 5) is 23.8. The van der Waals surface area contributed by atoms with Gasteiger partial charge in [-0.3, -0.25) is 4.79 Å². The van der Waals surface area contributed by atoms with Gasteiger partial charge in [0.15, 0.2) is 0 Å². The van der Waals surface area contributed by atoms with E-state index in [1.165, 1.54) is 6.42 Å². The number of anilines is 1. The van der Waals surface area contributed by atoms with Crippen LogP contribution < -0.4 is 15.0 Å². The summed E-state index contributed by atoms with van der Waals surface area (Å²) in [5.41, 5.74) is 2.37. The van der Waals surface area contributed by atoms with Crippen molar-refractivity contribution < 1.29 is 9.53 Å². The minimum Gasteiger partial charge on any atom is -0.497 e. The molecule has 1 aliphatic heterocycles. The Hall–Kier alpha value is -2.63. The number of ether oxygens (including phenoxy) is 1. The van der Waals surface area contributed by atoms with Gasteiger partial charge in [0.25, 0.3) is 5.91 Å². The third-order valence-corrected chi connectivity index (χ3v) is 4.85. The van der Waals surface area contributed by atoms with Crippen LogP contribution in [0.2, 0.25) is 0 Å². The molecule has 0 radical (unpaired) electrons. The van der Waals surface area contributed by atoms with Crippen molar-refractivity contribution in [2.75, 3.05) is 31.6 Å². The van der Waals surface area contributed by atoms with Crippen molar-refractivity contribution in [1.82, 2.24) is 15.3 Å². The highest BCUT2D eigenvalue weighted by Gasteiger charge is 2.20. The molecule has 27 heavy (non-hydrogen) atoms. The van der Waals surface area contributed by atoms with Crippen molar-refractivity contribution in [2.24, 2.45) is 5.92 Å². The lowest BCUT2D eigenvalue weighted by Crippen LogP contribution is -2.36. The first kappa shape index (κ1) is 19.1. The maximum atomic E-state index is 12.6. The van der Waals surface area contributed by atoms with Crippen LogP contribution in [0.3, 0.4) is 0 Å². The van der Waals surface area contributed by atoms with Gasteiger partial charge in [-0.05, 0) is 55.9 Å². The number of rotatable bonds is 6. The first-order valence-corrected chi connectivity index (χ1v) is 9.57. The van der Waals surface area contributed by atoms with Gasteiger partial charge in [0.05, 0.1) is 7.11 Å². The molecule has 1 amide bonds. The molecular weight excluding hydrogens is 340 g/mol. The zero-order valence-electron chi connectivity index (χ0n) is 16.4. The zero-order chi connectivity index (χ0) is 19.2. The number of aryl methyl sites for hydroxylation is 1. The van der Waals surface area contributed by atoms with Gasteiger partial charge in [-0.2, -0.15) is 0 Å². The highest BCUT2D eigenvalue weighted by atomic mass is 16.5. The average Bonchev–Trinajstić information content (AvgIpc) is 2.67. The van der Waals surface area contributed by atoms with E-state index in [4.69, 9.17) is 4.74 Å². The van der Waals surface area contributed by atoms with Gasteiger partial charge in [-0.15, -0.1) is 0 Å². The fourth-order valence-corrected chi connectivity index (χ4v) is 3.42. The Kier molecular flexibility index (Phi) is 6.27. The van der Waals surface area contributed by atoms with Crippen LogP contribution in [0.1, 0.15) is 41.5 Å². The third-order valence-electron chi connectivity index (χ3n) is 4.85. The first-order chi connectivity index (χ1) is 13.0. The van der Waals surface area contributed by atoms with Crippen LogP contribution in [0.4, 0.5) is 5.95 Å². The lowest BCUT2D eigenvalue weighted by atomic mass is 10.0. The number of aromatic nitrogens is 2. The van der Waals surface area contributed by atoms with E-state index in [1.54, 1.807) is 13.2 Å². The number of hydrogen-bond acceptors (Lipinski definition) is 5. The standard InChI is InChI=1S/C21H28N4O2/c1-15-6-5-11-25(14-15)21-23-16(2)12-19(24-21)20(26)22-10-9-17-7-4-8-18(13-17)27-3/h4,7-8,12-13,15H,5-6,9-11,14H2,1-3H3,(H,22,26).